The Morgan fingerprint density at radius 1 is 0.268 bits per heavy atom. The molecule has 10 aromatic carbocycles. The summed E-state index contributed by atoms with van der Waals surface area (Å²) in [5, 5.41) is 11.2. The van der Waals surface area contributed by atoms with Crippen molar-refractivity contribution in [3.8, 4) is 55.8 Å². The summed E-state index contributed by atoms with van der Waals surface area (Å²) in [6, 6.07) is 77.1. The maximum Gasteiger partial charge on any atom is 0.0722 e. The maximum atomic E-state index is 5.17. The normalized spacial score (nSPS) is 11.6. The predicted octanol–water partition coefficient (Wildman–Crippen LogP) is 15.2. The largest absolute Gasteiger partial charge is 0.248 e. The monoisotopic (exact) mass is 709 g/mol. The van der Waals surface area contributed by atoms with Gasteiger partial charge < -0.3 is 0 Å². The average molecular weight is 710 g/mol. The van der Waals surface area contributed by atoms with Crippen molar-refractivity contribution in [1.82, 2.24) is 4.98 Å². The number of rotatable bonds is 5. The number of aromatic nitrogens is 1. The second-order valence-electron chi connectivity index (χ2n) is 14.6. The highest BCUT2D eigenvalue weighted by atomic mass is 14.7. The number of fused-ring (bicyclic) bond motifs is 6. The van der Waals surface area contributed by atoms with Crippen LogP contribution < -0.4 is 0 Å². The van der Waals surface area contributed by atoms with Crippen LogP contribution in [0.25, 0.3) is 110 Å². The van der Waals surface area contributed by atoms with Crippen molar-refractivity contribution in [2.24, 2.45) is 0 Å². The van der Waals surface area contributed by atoms with Gasteiger partial charge in [0.2, 0.25) is 0 Å². The lowest BCUT2D eigenvalue weighted by Gasteiger charge is -2.19. The lowest BCUT2D eigenvalue weighted by molar-refractivity contribution is 1.40. The van der Waals surface area contributed by atoms with E-state index in [1.54, 1.807) is 0 Å². The summed E-state index contributed by atoms with van der Waals surface area (Å²) < 4.78 is 0. The Labute approximate surface area is 325 Å². The summed E-state index contributed by atoms with van der Waals surface area (Å²) in [5.74, 6) is 0. The van der Waals surface area contributed by atoms with Crippen LogP contribution in [0, 0.1) is 0 Å². The van der Waals surface area contributed by atoms with Crippen molar-refractivity contribution < 1.29 is 0 Å². The molecule has 11 aromatic rings. The molecule has 0 aliphatic rings. The van der Waals surface area contributed by atoms with Gasteiger partial charge >= 0.3 is 0 Å². The van der Waals surface area contributed by atoms with Gasteiger partial charge in [0.15, 0.2) is 0 Å². The highest BCUT2D eigenvalue weighted by Crippen LogP contribution is 2.46. The third kappa shape index (κ3) is 5.21. The van der Waals surface area contributed by atoms with Crippen molar-refractivity contribution in [3.05, 3.63) is 212 Å². The summed E-state index contributed by atoms with van der Waals surface area (Å²) in [7, 11) is 0. The van der Waals surface area contributed by atoms with Gasteiger partial charge in [-0.1, -0.05) is 200 Å². The third-order valence-corrected chi connectivity index (χ3v) is 11.5. The summed E-state index contributed by atoms with van der Waals surface area (Å²) in [6.45, 7) is 0. The van der Waals surface area contributed by atoms with Gasteiger partial charge in [-0.3, -0.25) is 0 Å². The molecular weight excluding hydrogens is 675 g/mol. The highest BCUT2D eigenvalue weighted by Gasteiger charge is 2.19. The molecule has 0 aliphatic carbocycles. The SMILES string of the molecule is c1ccc(-c2cc(-c3ccc(-c4ccc(-c5c6ccccc6c(-c6ccccc6)c6ccccc56)c5ccccc45)cc3)c3c(ccc4ccccc43)n2)cc1. The van der Waals surface area contributed by atoms with Gasteiger partial charge in [0, 0.05) is 10.9 Å². The van der Waals surface area contributed by atoms with Gasteiger partial charge in [-0.2, -0.15) is 0 Å². The van der Waals surface area contributed by atoms with Gasteiger partial charge in [0.1, 0.15) is 0 Å². The standard InChI is InChI=1S/C55H35N/c1-3-16-39(17-4-1)52-35-50(55-42-20-8-7-15-36(42)31-34-51(55)56-52)38-29-27-37(28-30-38)41-32-33-49(44-22-10-9-21-43(41)44)54-47-25-13-11-23-45(47)53(40-18-5-2-6-19-40)46-24-12-14-26-48(46)54/h1-35H. The van der Waals surface area contributed by atoms with E-state index in [-0.39, 0.29) is 0 Å². The number of nitrogens with zero attached hydrogens (tertiary/aromatic N) is 1. The second-order valence-corrected chi connectivity index (χ2v) is 14.6. The van der Waals surface area contributed by atoms with E-state index in [4.69, 9.17) is 4.98 Å². The smallest absolute Gasteiger partial charge is 0.0722 e. The van der Waals surface area contributed by atoms with Gasteiger partial charge in [-0.25, -0.2) is 4.98 Å². The van der Waals surface area contributed by atoms with E-state index in [1.807, 2.05) is 0 Å². The first-order valence-corrected chi connectivity index (χ1v) is 19.3. The first-order valence-electron chi connectivity index (χ1n) is 19.3. The van der Waals surface area contributed by atoms with Crippen LogP contribution >= 0.6 is 0 Å². The summed E-state index contributed by atoms with van der Waals surface area (Å²) in [6.07, 6.45) is 0. The molecule has 1 aromatic heterocycles. The molecule has 1 heteroatoms. The van der Waals surface area contributed by atoms with Crippen LogP contribution in [0.2, 0.25) is 0 Å². The Bertz CT molecular complexity index is 3210. The summed E-state index contributed by atoms with van der Waals surface area (Å²) in [4.78, 5) is 5.17. The van der Waals surface area contributed by atoms with E-state index >= 15 is 0 Å². The molecular formula is C55H35N. The van der Waals surface area contributed by atoms with E-state index < -0.39 is 0 Å². The van der Waals surface area contributed by atoms with Crippen molar-refractivity contribution in [3.63, 3.8) is 0 Å². The molecule has 1 nitrogen and oxygen atoms in total. The minimum Gasteiger partial charge on any atom is -0.248 e. The first kappa shape index (κ1) is 32.1. The highest BCUT2D eigenvalue weighted by molar-refractivity contribution is 6.24. The molecule has 0 N–H and O–H groups in total. The molecule has 0 bridgehead atoms. The fraction of sp³-hybridized carbons (Fsp3) is 0. The predicted molar refractivity (Wildman–Crippen MR) is 239 cm³/mol. The minimum absolute atomic E-state index is 0.978. The van der Waals surface area contributed by atoms with Crippen molar-refractivity contribution in [1.29, 1.82) is 0 Å². The Morgan fingerprint density at radius 3 is 1.36 bits per heavy atom. The molecule has 56 heavy (non-hydrogen) atoms. The van der Waals surface area contributed by atoms with Crippen LogP contribution in [0.5, 0.6) is 0 Å². The van der Waals surface area contributed by atoms with E-state index in [9.17, 15) is 0 Å². The maximum absolute atomic E-state index is 5.17. The number of hydrogen-bond acceptors (Lipinski definition) is 1. The van der Waals surface area contributed by atoms with Crippen LogP contribution in [-0.2, 0) is 0 Å². The van der Waals surface area contributed by atoms with Crippen LogP contribution in [0.3, 0.4) is 0 Å². The van der Waals surface area contributed by atoms with Crippen LogP contribution in [-0.4, -0.2) is 4.98 Å². The third-order valence-electron chi connectivity index (χ3n) is 11.5. The van der Waals surface area contributed by atoms with Gasteiger partial charge in [-0.15, -0.1) is 0 Å². The molecule has 0 spiro atoms. The Kier molecular flexibility index (Phi) is 7.57. The zero-order valence-electron chi connectivity index (χ0n) is 30.7. The molecule has 0 saturated heterocycles. The van der Waals surface area contributed by atoms with Crippen LogP contribution in [0.1, 0.15) is 0 Å². The molecule has 11 rings (SSSR count). The Hall–Kier alpha value is -7.35. The molecule has 0 fully saturated rings. The first-order chi connectivity index (χ1) is 27.8. The summed E-state index contributed by atoms with van der Waals surface area (Å²) in [5.41, 5.74) is 12.9. The molecule has 260 valence electrons. The average Bonchev–Trinajstić information content (AvgIpc) is 3.28. The molecule has 0 amide bonds. The van der Waals surface area contributed by atoms with Crippen LogP contribution in [0.4, 0.5) is 0 Å². The van der Waals surface area contributed by atoms with E-state index in [0.29, 0.717) is 0 Å². The Balaban J connectivity index is 1.09. The van der Waals surface area contributed by atoms with Crippen LogP contribution in [0.15, 0.2) is 212 Å². The molecule has 0 radical (unpaired) electrons. The van der Waals surface area contributed by atoms with E-state index in [0.717, 1.165) is 16.8 Å². The fourth-order valence-corrected chi connectivity index (χ4v) is 8.92. The second kappa shape index (κ2) is 13.2. The quantitative estimate of drug-likeness (QED) is 0.128. The van der Waals surface area contributed by atoms with Gasteiger partial charge in [0.25, 0.3) is 0 Å². The van der Waals surface area contributed by atoms with Crippen molar-refractivity contribution in [2.75, 3.05) is 0 Å². The molecule has 0 aliphatic heterocycles. The van der Waals surface area contributed by atoms with Crippen molar-refractivity contribution in [2.45, 2.75) is 0 Å². The van der Waals surface area contributed by atoms with Gasteiger partial charge in [-0.05, 0) is 99.7 Å². The molecule has 0 saturated carbocycles. The molecule has 1 heterocycles. The lowest BCUT2D eigenvalue weighted by atomic mass is 9.84. The molecule has 0 unspecified atom stereocenters. The number of pyridine rings is 1. The van der Waals surface area contributed by atoms with Crippen molar-refractivity contribution >= 4 is 54.0 Å². The fourth-order valence-electron chi connectivity index (χ4n) is 8.92. The zero-order chi connectivity index (χ0) is 37.0. The minimum atomic E-state index is 0.978. The molecule has 0 atom stereocenters. The number of hydrogen-bond donors (Lipinski definition) is 0. The van der Waals surface area contributed by atoms with E-state index in [2.05, 4.69) is 212 Å². The number of benzene rings is 10. The van der Waals surface area contributed by atoms with Gasteiger partial charge in [0.05, 0.1) is 11.2 Å². The zero-order valence-corrected chi connectivity index (χ0v) is 30.7. The Morgan fingerprint density at radius 2 is 0.732 bits per heavy atom. The lowest BCUT2D eigenvalue weighted by Crippen LogP contribution is -1.93. The van der Waals surface area contributed by atoms with E-state index in [1.165, 1.54) is 93.0 Å². The summed E-state index contributed by atoms with van der Waals surface area (Å²) >= 11 is 0. The topological polar surface area (TPSA) is 12.9 Å².